The van der Waals surface area contributed by atoms with E-state index in [1.54, 1.807) is 35.0 Å². The summed E-state index contributed by atoms with van der Waals surface area (Å²) in [7, 11) is -4.01. The topological polar surface area (TPSA) is 87.5 Å². The quantitative estimate of drug-likeness (QED) is 0.153. The number of halogens is 2. The highest BCUT2D eigenvalue weighted by Gasteiger charge is 2.29. The van der Waals surface area contributed by atoms with E-state index in [0.29, 0.717) is 29.0 Å². The average molecular weight is 673 g/mol. The lowest BCUT2D eigenvalue weighted by Gasteiger charge is -2.17. The van der Waals surface area contributed by atoms with Gasteiger partial charge in [-0.1, -0.05) is 63.2 Å². The first-order valence-electron chi connectivity index (χ1n) is 15.0. The Labute approximate surface area is 277 Å². The molecule has 0 aliphatic carbocycles. The second-order valence-corrected chi connectivity index (χ2v) is 15.3. The molecule has 7 nitrogen and oxygen atoms in total. The van der Waals surface area contributed by atoms with Crippen LogP contribution in [0, 0.1) is 17.0 Å². The molecule has 1 aliphatic rings. The van der Waals surface area contributed by atoms with Crippen LogP contribution in [-0.4, -0.2) is 28.8 Å². The standard InChI is InChI=1S/C36H34F2N4O3S2/c1-36(2,3)16-17-46-30-9-4-6-26(19-30)25-12-10-24(11-13-25)18-34-39-33(31-15-14-27(37)20-32(31)38)22-41(34)28-7-5-8-29(21-28)42-23-35(43)40-47(42,44)45/h4-15,19-23,40,43H,16-18H2,1-3H3. The molecule has 0 unspecified atom stereocenters. The van der Waals surface area contributed by atoms with Crippen molar-refractivity contribution in [3.05, 3.63) is 132 Å². The molecule has 47 heavy (non-hydrogen) atoms. The molecular weight excluding hydrogens is 639 g/mol. The van der Waals surface area contributed by atoms with Crippen molar-refractivity contribution in [2.24, 2.45) is 5.41 Å². The molecule has 0 saturated carbocycles. The molecule has 242 valence electrons. The lowest BCUT2D eigenvalue weighted by molar-refractivity contribution is 0.392. The number of anilines is 1. The van der Waals surface area contributed by atoms with Gasteiger partial charge in [0.05, 0.1) is 17.6 Å². The number of nitrogens with one attached hydrogen (secondary N) is 1. The lowest BCUT2D eigenvalue weighted by Crippen LogP contribution is -2.29. The second-order valence-electron chi connectivity index (χ2n) is 12.5. The smallest absolute Gasteiger partial charge is 0.330 e. The molecule has 0 radical (unpaired) electrons. The van der Waals surface area contributed by atoms with Crippen LogP contribution in [0.25, 0.3) is 28.1 Å². The number of rotatable bonds is 9. The van der Waals surface area contributed by atoms with Crippen molar-refractivity contribution in [3.63, 3.8) is 0 Å². The van der Waals surface area contributed by atoms with Crippen LogP contribution in [0.5, 0.6) is 0 Å². The van der Waals surface area contributed by atoms with Crippen LogP contribution < -0.4 is 9.03 Å². The molecular formula is C36H34F2N4O3S2. The number of aromatic nitrogens is 2. The van der Waals surface area contributed by atoms with E-state index >= 15 is 0 Å². The van der Waals surface area contributed by atoms with Gasteiger partial charge in [-0.3, -0.25) is 0 Å². The van der Waals surface area contributed by atoms with E-state index in [-0.39, 0.29) is 11.3 Å². The zero-order valence-corrected chi connectivity index (χ0v) is 27.7. The Kier molecular flexibility index (Phi) is 8.86. The number of aliphatic hydroxyl groups is 1. The van der Waals surface area contributed by atoms with Gasteiger partial charge in [-0.2, -0.15) is 8.42 Å². The summed E-state index contributed by atoms with van der Waals surface area (Å²) in [6.45, 7) is 6.75. The third kappa shape index (κ3) is 7.52. The summed E-state index contributed by atoms with van der Waals surface area (Å²) in [4.78, 5) is 5.98. The Hall–Kier alpha value is -4.61. The molecule has 5 aromatic rings. The van der Waals surface area contributed by atoms with Crippen molar-refractivity contribution in [3.8, 4) is 28.1 Å². The fraction of sp³-hybridized carbons (Fsp3) is 0.194. The molecule has 6 rings (SSSR count). The van der Waals surface area contributed by atoms with Gasteiger partial charge in [-0.05, 0) is 76.7 Å². The molecule has 0 fully saturated rings. The number of hydrogen-bond donors (Lipinski definition) is 2. The van der Waals surface area contributed by atoms with E-state index in [1.807, 2.05) is 28.6 Å². The van der Waals surface area contributed by atoms with E-state index < -0.39 is 27.7 Å². The molecule has 2 N–H and O–H groups in total. The molecule has 0 atom stereocenters. The van der Waals surface area contributed by atoms with E-state index in [0.717, 1.165) is 45.4 Å². The highest BCUT2D eigenvalue weighted by atomic mass is 32.2. The molecule has 0 bridgehead atoms. The normalized spacial score (nSPS) is 14.2. The summed E-state index contributed by atoms with van der Waals surface area (Å²) in [5.41, 5.74) is 4.72. The van der Waals surface area contributed by atoms with Crippen LogP contribution >= 0.6 is 11.8 Å². The Bertz CT molecular complexity index is 2070. The van der Waals surface area contributed by atoms with Gasteiger partial charge in [-0.25, -0.2) is 22.8 Å². The fourth-order valence-electron chi connectivity index (χ4n) is 5.21. The first-order chi connectivity index (χ1) is 22.3. The van der Waals surface area contributed by atoms with Gasteiger partial charge in [0, 0.05) is 34.8 Å². The molecule has 0 spiro atoms. The predicted octanol–water partition coefficient (Wildman–Crippen LogP) is 8.61. The average Bonchev–Trinajstić information content (AvgIpc) is 3.55. The van der Waals surface area contributed by atoms with E-state index in [9.17, 15) is 22.3 Å². The minimum atomic E-state index is -4.01. The molecule has 0 saturated heterocycles. The number of benzene rings is 4. The first kappa shape index (κ1) is 32.3. The molecule has 0 amide bonds. The van der Waals surface area contributed by atoms with Crippen LogP contribution in [-0.2, 0) is 16.6 Å². The number of aliphatic hydroxyl groups excluding tert-OH is 1. The van der Waals surface area contributed by atoms with Crippen LogP contribution in [0.2, 0.25) is 0 Å². The molecule has 1 aliphatic heterocycles. The number of hydrogen-bond acceptors (Lipinski definition) is 5. The third-order valence-corrected chi connectivity index (χ3v) is 9.98. The highest BCUT2D eigenvalue weighted by molar-refractivity contribution is 7.99. The minimum absolute atomic E-state index is 0.136. The SMILES string of the molecule is CC(C)(C)CCSc1cccc(-c2ccc(Cc3nc(-c4ccc(F)cc4F)cn3-c3cccc(N4C=C(O)NS4(=O)=O)c3)cc2)c1. The van der Waals surface area contributed by atoms with Gasteiger partial charge < -0.3 is 9.67 Å². The summed E-state index contributed by atoms with van der Waals surface area (Å²) >= 11 is 1.86. The van der Waals surface area contributed by atoms with Gasteiger partial charge >= 0.3 is 10.2 Å². The fourth-order valence-corrected chi connectivity index (χ4v) is 7.59. The van der Waals surface area contributed by atoms with E-state index in [1.165, 1.54) is 17.0 Å². The van der Waals surface area contributed by atoms with Crippen molar-refractivity contribution in [2.45, 2.75) is 38.5 Å². The van der Waals surface area contributed by atoms with Crippen molar-refractivity contribution in [1.29, 1.82) is 0 Å². The number of nitrogens with zero attached hydrogens (tertiary/aromatic N) is 3. The lowest BCUT2D eigenvalue weighted by atomic mass is 9.94. The van der Waals surface area contributed by atoms with Crippen LogP contribution in [0.3, 0.4) is 0 Å². The Morgan fingerprint density at radius 1 is 0.894 bits per heavy atom. The van der Waals surface area contributed by atoms with Gasteiger partial charge in [0.2, 0.25) is 5.88 Å². The Morgan fingerprint density at radius 3 is 2.34 bits per heavy atom. The largest absolute Gasteiger partial charge is 0.493 e. The summed E-state index contributed by atoms with van der Waals surface area (Å²) in [6, 6.07) is 26.7. The molecule has 4 aromatic carbocycles. The Morgan fingerprint density at radius 2 is 1.64 bits per heavy atom. The predicted molar refractivity (Wildman–Crippen MR) is 184 cm³/mol. The molecule has 1 aromatic heterocycles. The van der Waals surface area contributed by atoms with Crippen LogP contribution in [0.1, 0.15) is 38.6 Å². The maximum atomic E-state index is 14.9. The number of imidazole rings is 1. The summed E-state index contributed by atoms with van der Waals surface area (Å²) in [6.07, 6.45) is 4.22. The zero-order chi connectivity index (χ0) is 33.3. The maximum absolute atomic E-state index is 14.9. The minimum Gasteiger partial charge on any atom is -0.493 e. The highest BCUT2D eigenvalue weighted by Crippen LogP contribution is 2.32. The Balaban J connectivity index is 1.31. The van der Waals surface area contributed by atoms with E-state index in [4.69, 9.17) is 4.98 Å². The van der Waals surface area contributed by atoms with Crippen molar-refractivity contribution >= 4 is 27.7 Å². The van der Waals surface area contributed by atoms with Crippen molar-refractivity contribution in [2.75, 3.05) is 10.1 Å². The zero-order valence-electron chi connectivity index (χ0n) is 26.1. The van der Waals surface area contributed by atoms with Gasteiger partial charge in [0.1, 0.15) is 17.5 Å². The van der Waals surface area contributed by atoms with E-state index in [2.05, 4.69) is 57.2 Å². The summed E-state index contributed by atoms with van der Waals surface area (Å²) in [5.74, 6) is -0.318. The van der Waals surface area contributed by atoms with Crippen LogP contribution in [0.4, 0.5) is 14.5 Å². The third-order valence-electron chi connectivity index (χ3n) is 7.68. The van der Waals surface area contributed by atoms with Gasteiger partial charge in [0.25, 0.3) is 0 Å². The summed E-state index contributed by atoms with van der Waals surface area (Å²) in [5, 5.41) is 9.78. The van der Waals surface area contributed by atoms with Crippen LogP contribution in [0.15, 0.2) is 114 Å². The van der Waals surface area contributed by atoms with Gasteiger partial charge in [0.15, 0.2) is 0 Å². The monoisotopic (exact) mass is 672 g/mol. The second kappa shape index (κ2) is 12.9. The van der Waals surface area contributed by atoms with Gasteiger partial charge in [-0.15, -0.1) is 11.8 Å². The number of thioether (sulfide) groups is 1. The first-order valence-corrected chi connectivity index (χ1v) is 17.5. The van der Waals surface area contributed by atoms with Crippen molar-refractivity contribution < 1.29 is 22.3 Å². The molecule has 11 heteroatoms. The molecule has 2 heterocycles. The summed E-state index contributed by atoms with van der Waals surface area (Å²) < 4.78 is 58.3. The maximum Gasteiger partial charge on any atom is 0.330 e. The van der Waals surface area contributed by atoms with Crippen molar-refractivity contribution in [1.82, 2.24) is 14.3 Å².